The normalized spacial score (nSPS) is 16.8. The molecule has 0 amide bonds. The molecule has 0 saturated carbocycles. The summed E-state index contributed by atoms with van der Waals surface area (Å²) in [6.45, 7) is 0. The van der Waals surface area contributed by atoms with Crippen LogP contribution in [0.4, 0.5) is 0 Å². The Morgan fingerprint density at radius 2 is 2.24 bits per heavy atom. The molecule has 0 nitrogen and oxygen atoms in total. The number of alkyl halides is 1. The first-order chi connectivity index (χ1) is 8.25. The van der Waals surface area contributed by atoms with E-state index in [4.69, 9.17) is 23.2 Å². The zero-order valence-corrected chi connectivity index (χ0v) is 12.9. The van der Waals surface area contributed by atoms with Crippen molar-refractivity contribution in [1.29, 1.82) is 0 Å². The minimum absolute atomic E-state index is 0.0805. The van der Waals surface area contributed by atoms with Crippen LogP contribution in [0, 0.1) is 0 Å². The van der Waals surface area contributed by atoms with Crippen molar-refractivity contribution >= 4 is 57.6 Å². The Balaban J connectivity index is 1.94. The zero-order valence-electron chi connectivity index (χ0n) is 8.91. The molecule has 0 saturated heterocycles. The number of halogens is 2. The van der Waals surface area contributed by atoms with Gasteiger partial charge in [-0.05, 0) is 35.2 Å². The number of rotatable bonds is 2. The summed E-state index contributed by atoms with van der Waals surface area (Å²) in [7, 11) is 0. The van der Waals surface area contributed by atoms with Crippen molar-refractivity contribution in [3.05, 3.63) is 42.7 Å². The van der Waals surface area contributed by atoms with Gasteiger partial charge in [-0.25, -0.2) is 0 Å². The maximum atomic E-state index is 6.53. The summed E-state index contributed by atoms with van der Waals surface area (Å²) in [6, 6.07) is 4.18. The van der Waals surface area contributed by atoms with Crippen LogP contribution >= 0.6 is 57.6 Å². The highest BCUT2D eigenvalue weighted by Crippen LogP contribution is 2.42. The third-order valence-electron chi connectivity index (χ3n) is 2.77. The van der Waals surface area contributed by atoms with Gasteiger partial charge in [-0.1, -0.05) is 11.6 Å². The lowest BCUT2D eigenvalue weighted by Crippen LogP contribution is -1.96. The van der Waals surface area contributed by atoms with Gasteiger partial charge in [0.05, 0.1) is 5.02 Å². The fraction of sp³-hybridized carbons (Fsp3) is 0.333. The number of thioether (sulfide) groups is 1. The molecule has 0 fully saturated rings. The molecule has 3 heterocycles. The summed E-state index contributed by atoms with van der Waals surface area (Å²) in [5.74, 6) is 2.37. The molecule has 0 aromatic carbocycles. The summed E-state index contributed by atoms with van der Waals surface area (Å²) in [6.07, 6.45) is 1.19. The molecule has 1 aliphatic rings. The molecule has 0 spiro atoms. The van der Waals surface area contributed by atoms with Gasteiger partial charge in [0.2, 0.25) is 0 Å². The van der Waals surface area contributed by atoms with E-state index in [1.807, 2.05) is 34.5 Å². The second-order valence-corrected chi connectivity index (χ2v) is 7.96. The van der Waals surface area contributed by atoms with Crippen LogP contribution in [0.3, 0.4) is 0 Å². The molecular weight excluding hydrogens is 311 g/mol. The molecule has 0 bridgehead atoms. The maximum absolute atomic E-state index is 6.53. The van der Waals surface area contributed by atoms with E-state index in [2.05, 4.69) is 6.07 Å². The highest BCUT2D eigenvalue weighted by Gasteiger charge is 2.21. The van der Waals surface area contributed by atoms with Gasteiger partial charge in [-0.15, -0.1) is 34.3 Å². The predicted molar refractivity (Wildman–Crippen MR) is 81.2 cm³/mol. The Labute approximate surface area is 123 Å². The third kappa shape index (κ3) is 2.41. The minimum atomic E-state index is -0.0805. The van der Waals surface area contributed by atoms with Crippen molar-refractivity contribution in [2.75, 3.05) is 5.75 Å². The zero-order chi connectivity index (χ0) is 11.8. The molecule has 1 aliphatic heterocycles. The quantitative estimate of drug-likeness (QED) is 0.651. The summed E-state index contributed by atoms with van der Waals surface area (Å²) in [4.78, 5) is 3.82. The van der Waals surface area contributed by atoms with E-state index >= 15 is 0 Å². The summed E-state index contributed by atoms with van der Waals surface area (Å²) in [5, 5.41) is 2.70. The number of thiophene rings is 2. The second kappa shape index (κ2) is 5.14. The fourth-order valence-electron chi connectivity index (χ4n) is 1.91. The molecule has 5 heteroatoms. The van der Waals surface area contributed by atoms with E-state index < -0.39 is 0 Å². The summed E-state index contributed by atoms with van der Waals surface area (Å²) < 4.78 is 0. The van der Waals surface area contributed by atoms with Gasteiger partial charge in [-0.3, -0.25) is 0 Å². The highest BCUT2D eigenvalue weighted by atomic mass is 35.5. The smallest absolute Gasteiger partial charge is 0.103 e. The molecule has 1 unspecified atom stereocenters. The van der Waals surface area contributed by atoms with Gasteiger partial charge < -0.3 is 0 Å². The van der Waals surface area contributed by atoms with Gasteiger partial charge >= 0.3 is 0 Å². The van der Waals surface area contributed by atoms with E-state index in [0.29, 0.717) is 0 Å². The molecule has 90 valence electrons. The van der Waals surface area contributed by atoms with E-state index in [1.54, 1.807) is 11.3 Å². The molecule has 0 N–H and O–H groups in total. The topological polar surface area (TPSA) is 0 Å². The van der Waals surface area contributed by atoms with Crippen LogP contribution in [0.1, 0.15) is 25.6 Å². The van der Waals surface area contributed by atoms with Crippen LogP contribution in [-0.2, 0) is 12.2 Å². The molecule has 1 atom stereocenters. The Morgan fingerprint density at radius 1 is 1.35 bits per heavy atom. The molecule has 2 aromatic rings. The van der Waals surface area contributed by atoms with E-state index in [9.17, 15) is 0 Å². The van der Waals surface area contributed by atoms with Crippen LogP contribution in [0.5, 0.6) is 0 Å². The lowest BCUT2D eigenvalue weighted by molar-refractivity contribution is 1.13. The Bertz CT molecular complexity index is 506. The van der Waals surface area contributed by atoms with E-state index in [0.717, 1.165) is 15.7 Å². The molecule has 3 rings (SSSR count). The molecular formula is C12H10Cl2S3. The maximum Gasteiger partial charge on any atom is 0.103 e. The van der Waals surface area contributed by atoms with Crippen LogP contribution < -0.4 is 0 Å². The lowest BCUT2D eigenvalue weighted by atomic mass is 10.2. The van der Waals surface area contributed by atoms with Gasteiger partial charge in [0.25, 0.3) is 0 Å². The van der Waals surface area contributed by atoms with Crippen LogP contribution in [0.2, 0.25) is 5.02 Å². The number of hydrogen-bond acceptors (Lipinski definition) is 3. The van der Waals surface area contributed by atoms with Crippen LogP contribution in [-0.4, -0.2) is 5.75 Å². The first kappa shape index (κ1) is 12.4. The van der Waals surface area contributed by atoms with Crippen molar-refractivity contribution < 1.29 is 0 Å². The van der Waals surface area contributed by atoms with Gasteiger partial charge in [0, 0.05) is 20.4 Å². The van der Waals surface area contributed by atoms with Gasteiger partial charge in [0.15, 0.2) is 0 Å². The molecule has 2 aromatic heterocycles. The van der Waals surface area contributed by atoms with Crippen molar-refractivity contribution in [3.8, 4) is 0 Å². The van der Waals surface area contributed by atoms with Crippen LogP contribution in [0.15, 0.2) is 17.5 Å². The number of aryl methyl sites for hydroxylation is 1. The largest absolute Gasteiger partial charge is 0.157 e. The molecule has 17 heavy (non-hydrogen) atoms. The first-order valence-corrected chi connectivity index (χ1v) is 8.98. The third-order valence-corrected chi connectivity index (χ3v) is 7.22. The van der Waals surface area contributed by atoms with Crippen molar-refractivity contribution in [2.45, 2.75) is 17.6 Å². The van der Waals surface area contributed by atoms with Crippen LogP contribution in [0.25, 0.3) is 0 Å². The first-order valence-electron chi connectivity index (χ1n) is 5.32. The Hall–Kier alpha value is 0.330. The number of hydrogen-bond donors (Lipinski definition) is 0. The number of fused-ring (bicyclic) bond motifs is 1. The van der Waals surface area contributed by atoms with E-state index in [1.165, 1.54) is 27.5 Å². The average Bonchev–Trinajstić information content (AvgIpc) is 2.93. The van der Waals surface area contributed by atoms with Gasteiger partial charge in [0.1, 0.15) is 5.38 Å². The second-order valence-electron chi connectivity index (χ2n) is 3.90. The molecule has 0 radical (unpaired) electrons. The van der Waals surface area contributed by atoms with Crippen molar-refractivity contribution in [1.82, 2.24) is 0 Å². The summed E-state index contributed by atoms with van der Waals surface area (Å²) in [5.41, 5.74) is 1.47. The standard InChI is InChI=1S/C12H10Cl2S3/c13-8-1-4-16-12(8)11(14)10-5-7-6-15-3-2-9(7)17-10/h1,4-5,11H,2-3,6H2. The predicted octanol–water partition coefficient (Wildman–Crippen LogP) is 5.58. The van der Waals surface area contributed by atoms with Gasteiger partial charge in [-0.2, -0.15) is 11.8 Å². The van der Waals surface area contributed by atoms with E-state index in [-0.39, 0.29) is 5.38 Å². The monoisotopic (exact) mass is 320 g/mol. The highest BCUT2D eigenvalue weighted by molar-refractivity contribution is 7.98. The molecule has 0 aliphatic carbocycles. The fourth-order valence-corrected chi connectivity index (χ4v) is 6.03. The Morgan fingerprint density at radius 3 is 2.94 bits per heavy atom. The SMILES string of the molecule is Clc1ccsc1C(Cl)c1cc2c(s1)CCSC2. The Kier molecular flexibility index (Phi) is 3.74. The van der Waals surface area contributed by atoms with Crippen molar-refractivity contribution in [3.63, 3.8) is 0 Å². The van der Waals surface area contributed by atoms with Crippen molar-refractivity contribution in [2.24, 2.45) is 0 Å². The minimum Gasteiger partial charge on any atom is -0.157 e. The average molecular weight is 321 g/mol. The lowest BCUT2D eigenvalue weighted by Gasteiger charge is -2.08. The summed E-state index contributed by atoms with van der Waals surface area (Å²) >= 11 is 18.2.